The van der Waals surface area contributed by atoms with Crippen molar-refractivity contribution in [1.29, 1.82) is 0 Å². The molecular formula is C24H35N3O5. The fourth-order valence-electron chi connectivity index (χ4n) is 6.00. The number of aliphatic hydroxyl groups is 1. The third-order valence-corrected chi connectivity index (χ3v) is 7.64. The molecule has 4 aliphatic heterocycles. The molecule has 4 aliphatic rings. The lowest BCUT2D eigenvalue weighted by atomic mass is 9.77. The predicted octanol–water partition coefficient (Wildman–Crippen LogP) is 0.953. The number of rotatable bonds is 6. The molecule has 7 atom stereocenters. The molecule has 176 valence electrons. The largest absolute Gasteiger partial charge is 0.394 e. The molecule has 1 N–H and O–H groups in total. The lowest BCUT2D eigenvalue weighted by Crippen LogP contribution is -2.59. The number of fused-ring (bicyclic) bond motifs is 2. The van der Waals surface area contributed by atoms with Gasteiger partial charge in [0.1, 0.15) is 11.6 Å². The number of carbonyl (C=O) groups excluding carboxylic acids is 3. The van der Waals surface area contributed by atoms with Gasteiger partial charge < -0.3 is 24.5 Å². The van der Waals surface area contributed by atoms with E-state index >= 15 is 0 Å². The average molecular weight is 446 g/mol. The summed E-state index contributed by atoms with van der Waals surface area (Å²) in [5.41, 5.74) is -1.22. The molecule has 8 nitrogen and oxygen atoms in total. The second kappa shape index (κ2) is 8.63. The van der Waals surface area contributed by atoms with Gasteiger partial charge in [-0.2, -0.15) is 0 Å². The molecule has 3 amide bonds. The van der Waals surface area contributed by atoms with Crippen LogP contribution in [0.4, 0.5) is 0 Å². The molecule has 2 fully saturated rings. The van der Waals surface area contributed by atoms with Gasteiger partial charge in [0.15, 0.2) is 0 Å². The second-order valence-electron chi connectivity index (χ2n) is 9.51. The highest BCUT2D eigenvalue weighted by atomic mass is 16.5. The van der Waals surface area contributed by atoms with Gasteiger partial charge in [-0.1, -0.05) is 44.6 Å². The lowest BCUT2D eigenvalue weighted by molar-refractivity contribution is -0.152. The molecule has 1 spiro atoms. The minimum atomic E-state index is -1.22. The molecule has 0 aliphatic carbocycles. The van der Waals surface area contributed by atoms with E-state index in [9.17, 15) is 19.5 Å². The van der Waals surface area contributed by atoms with Crippen molar-refractivity contribution < 1.29 is 24.2 Å². The molecule has 2 saturated heterocycles. The topological polar surface area (TPSA) is 90.4 Å². The molecule has 4 heterocycles. The summed E-state index contributed by atoms with van der Waals surface area (Å²) in [4.78, 5) is 46.2. The van der Waals surface area contributed by atoms with Crippen LogP contribution in [0.2, 0.25) is 0 Å². The smallest absolute Gasteiger partial charge is 0.249 e. The zero-order valence-corrected chi connectivity index (χ0v) is 19.4. The summed E-state index contributed by atoms with van der Waals surface area (Å²) in [6.45, 7) is 6.65. The summed E-state index contributed by atoms with van der Waals surface area (Å²) < 4.78 is 6.55. The van der Waals surface area contributed by atoms with Crippen molar-refractivity contribution in [3.63, 3.8) is 0 Å². The third kappa shape index (κ3) is 3.22. The Morgan fingerprint density at radius 3 is 2.56 bits per heavy atom. The summed E-state index contributed by atoms with van der Waals surface area (Å²) in [5.74, 6) is -2.07. The first-order valence-electron chi connectivity index (χ1n) is 11.8. The van der Waals surface area contributed by atoms with Crippen LogP contribution in [0.3, 0.4) is 0 Å². The van der Waals surface area contributed by atoms with Crippen molar-refractivity contribution in [2.75, 3.05) is 26.7 Å². The molecule has 0 aromatic rings. The minimum Gasteiger partial charge on any atom is -0.394 e. The number of amides is 3. The van der Waals surface area contributed by atoms with Crippen LogP contribution in [0.5, 0.6) is 0 Å². The van der Waals surface area contributed by atoms with Gasteiger partial charge in [-0.05, 0) is 19.8 Å². The van der Waals surface area contributed by atoms with Gasteiger partial charge in [0.05, 0.1) is 30.6 Å². The monoisotopic (exact) mass is 445 g/mol. The fraction of sp³-hybridized carbons (Fsp3) is 0.708. The number of likely N-dealkylation sites (tertiary alicyclic amines) is 1. The van der Waals surface area contributed by atoms with Gasteiger partial charge in [0.25, 0.3) is 0 Å². The highest BCUT2D eigenvalue weighted by Crippen LogP contribution is 2.54. The number of carbonyl (C=O) groups is 3. The van der Waals surface area contributed by atoms with Gasteiger partial charge >= 0.3 is 0 Å². The molecule has 0 radical (unpaired) electrons. The van der Waals surface area contributed by atoms with Crippen LogP contribution in [0.1, 0.15) is 40.0 Å². The molecule has 2 unspecified atom stereocenters. The van der Waals surface area contributed by atoms with Crippen LogP contribution < -0.4 is 0 Å². The summed E-state index contributed by atoms with van der Waals surface area (Å²) >= 11 is 0. The Hall–Kier alpha value is -2.19. The maximum Gasteiger partial charge on any atom is 0.249 e. The molecule has 0 aromatic carbocycles. The summed E-state index contributed by atoms with van der Waals surface area (Å²) in [6, 6.07) is -1.39. The Labute approximate surface area is 189 Å². The van der Waals surface area contributed by atoms with Gasteiger partial charge in [-0.25, -0.2) is 0 Å². The molecule has 0 aromatic heterocycles. The van der Waals surface area contributed by atoms with Crippen molar-refractivity contribution in [2.45, 2.75) is 69.9 Å². The van der Waals surface area contributed by atoms with Crippen LogP contribution in [0.15, 0.2) is 24.3 Å². The van der Waals surface area contributed by atoms with Gasteiger partial charge in [-0.3, -0.25) is 14.4 Å². The molecule has 4 rings (SSSR count). The van der Waals surface area contributed by atoms with Crippen molar-refractivity contribution in [1.82, 2.24) is 14.7 Å². The zero-order chi connectivity index (χ0) is 23.2. The predicted molar refractivity (Wildman–Crippen MR) is 118 cm³/mol. The highest BCUT2D eigenvalue weighted by Gasteiger charge is 2.72. The number of hydrogen-bond acceptors (Lipinski definition) is 5. The Morgan fingerprint density at radius 2 is 1.91 bits per heavy atom. The summed E-state index contributed by atoms with van der Waals surface area (Å²) in [7, 11) is 1.72. The van der Waals surface area contributed by atoms with E-state index in [0.29, 0.717) is 19.5 Å². The number of hydrogen-bond donors (Lipinski definition) is 1. The maximum atomic E-state index is 14.0. The first kappa shape index (κ1) is 23.0. The second-order valence-corrected chi connectivity index (χ2v) is 9.51. The zero-order valence-electron chi connectivity index (χ0n) is 19.4. The first-order chi connectivity index (χ1) is 15.3. The third-order valence-electron chi connectivity index (χ3n) is 7.64. The maximum absolute atomic E-state index is 14.0. The molecule has 0 bridgehead atoms. The summed E-state index contributed by atoms with van der Waals surface area (Å²) in [6.07, 6.45) is 9.26. The minimum absolute atomic E-state index is 0.0112. The van der Waals surface area contributed by atoms with E-state index in [0.717, 1.165) is 12.8 Å². The van der Waals surface area contributed by atoms with Crippen LogP contribution in [0.25, 0.3) is 0 Å². The van der Waals surface area contributed by atoms with Gasteiger partial charge in [0.2, 0.25) is 17.7 Å². The standard InChI is InChI=1S/C24H35N3O5/c1-5-9-15(3)26-13-8-11-24-19(18-17(32-24)10-7-12-25(4)21(18)29)22(30)27(16(6-2)14-28)20(24)23(26)31/h7-8,10-11,15-20,28H,5-6,9,12-14H2,1-4H3/t15?,16-,17-,18+,19-,20?,24-/m0/s1. The molecule has 32 heavy (non-hydrogen) atoms. The Morgan fingerprint density at radius 1 is 1.16 bits per heavy atom. The van der Waals surface area contributed by atoms with E-state index in [1.165, 1.54) is 4.90 Å². The van der Waals surface area contributed by atoms with Crippen molar-refractivity contribution in [3.8, 4) is 0 Å². The fourth-order valence-corrected chi connectivity index (χ4v) is 6.00. The average Bonchev–Trinajstić information content (AvgIpc) is 3.09. The van der Waals surface area contributed by atoms with Crippen LogP contribution in [0, 0.1) is 11.8 Å². The van der Waals surface area contributed by atoms with Crippen molar-refractivity contribution in [3.05, 3.63) is 24.3 Å². The van der Waals surface area contributed by atoms with E-state index in [1.807, 2.05) is 43.1 Å². The Bertz CT molecular complexity index is 837. The van der Waals surface area contributed by atoms with E-state index < -0.39 is 35.6 Å². The number of likely N-dealkylation sites (N-methyl/N-ethyl adjacent to an activating group) is 1. The van der Waals surface area contributed by atoms with Crippen molar-refractivity contribution >= 4 is 17.7 Å². The normalized spacial score (nSPS) is 36.0. The molecular weight excluding hydrogens is 410 g/mol. The van der Waals surface area contributed by atoms with E-state index in [4.69, 9.17) is 4.74 Å². The SMILES string of the molecule is CCCC(C)N1CC=C[C@]23O[C@H]4C=CCN(C)C(=O)[C@H]4[C@H]2C(=O)N([C@@H](CC)CO)C3C1=O. The number of aliphatic hydroxyl groups excluding tert-OH is 1. The molecule has 0 saturated carbocycles. The Kier molecular flexibility index (Phi) is 6.20. The van der Waals surface area contributed by atoms with Crippen LogP contribution in [-0.4, -0.2) is 94.1 Å². The van der Waals surface area contributed by atoms with E-state index in [2.05, 4.69) is 6.92 Å². The van der Waals surface area contributed by atoms with Crippen LogP contribution >= 0.6 is 0 Å². The van der Waals surface area contributed by atoms with Gasteiger partial charge in [0, 0.05) is 26.2 Å². The Balaban J connectivity index is 1.85. The highest BCUT2D eigenvalue weighted by molar-refractivity contribution is 6.00. The number of ether oxygens (including phenoxy) is 1. The van der Waals surface area contributed by atoms with Gasteiger partial charge in [-0.15, -0.1) is 0 Å². The summed E-state index contributed by atoms with van der Waals surface area (Å²) in [5, 5.41) is 10.1. The molecule has 8 heteroatoms. The lowest BCUT2D eigenvalue weighted by Gasteiger charge is -2.39. The van der Waals surface area contributed by atoms with E-state index in [-0.39, 0.29) is 30.4 Å². The van der Waals surface area contributed by atoms with Crippen molar-refractivity contribution in [2.24, 2.45) is 11.8 Å². The number of nitrogens with zero attached hydrogens (tertiary/aromatic N) is 3. The first-order valence-corrected chi connectivity index (χ1v) is 11.8. The van der Waals surface area contributed by atoms with E-state index in [1.54, 1.807) is 11.9 Å². The quantitative estimate of drug-likeness (QED) is 0.615. The van der Waals surface area contributed by atoms with Crippen LogP contribution in [-0.2, 0) is 19.1 Å².